The lowest BCUT2D eigenvalue weighted by atomic mass is 10.1. The Balaban J connectivity index is 6.46. The van der Waals surface area contributed by atoms with Crippen LogP contribution in [0.3, 0.4) is 0 Å². The Morgan fingerprint density at radius 1 is 0.328 bits per heavy atom. The van der Waals surface area contributed by atoms with Crippen LogP contribution in [0.25, 0.3) is 0 Å². The van der Waals surface area contributed by atoms with Crippen molar-refractivity contribution in [1.82, 2.24) is 37.2 Å². The number of rotatable bonds is 28. The molecule has 0 aromatic rings. The summed E-state index contributed by atoms with van der Waals surface area (Å²) in [6.07, 6.45) is -8.53. The molecule has 58 heavy (non-hydrogen) atoms. The van der Waals surface area contributed by atoms with Gasteiger partial charge in [-0.3, -0.25) is 67.1 Å². The van der Waals surface area contributed by atoms with E-state index >= 15 is 0 Å². The van der Waals surface area contributed by atoms with Gasteiger partial charge in [-0.25, -0.2) is 0 Å². The van der Waals surface area contributed by atoms with Gasteiger partial charge in [0.15, 0.2) is 0 Å². The molecule has 0 saturated heterocycles. The molecule has 0 aliphatic carbocycles. The minimum Gasteiger partial charge on any atom is -0.481 e. The van der Waals surface area contributed by atoms with Crippen LogP contribution < -0.4 is 43.0 Å². The second-order valence-corrected chi connectivity index (χ2v) is 11.8. The molecule has 0 aliphatic heterocycles. The van der Waals surface area contributed by atoms with Crippen LogP contribution in [0.15, 0.2) is 0 Å². The zero-order valence-corrected chi connectivity index (χ0v) is 29.9. The second-order valence-electron chi connectivity index (χ2n) is 11.8. The fourth-order valence-electron chi connectivity index (χ4n) is 4.45. The van der Waals surface area contributed by atoms with E-state index in [1.165, 1.54) is 0 Å². The van der Waals surface area contributed by atoms with Crippen LogP contribution in [0, 0.1) is 0 Å². The summed E-state index contributed by atoms with van der Waals surface area (Å²) in [5, 5.41) is 77.5. The molecule has 0 bridgehead atoms. The number of primary amides is 1. The largest absolute Gasteiger partial charge is 0.481 e. The zero-order chi connectivity index (χ0) is 45.0. The first-order valence-corrected chi connectivity index (χ1v) is 16.1. The minimum absolute atomic E-state index is 0.847. The number of nitrogens with one attached hydrogen (secondary N) is 7. The van der Waals surface area contributed by atoms with Gasteiger partial charge in [0, 0.05) is 0 Å². The lowest BCUT2D eigenvalue weighted by Crippen LogP contribution is -2.61. The first kappa shape index (κ1) is 50.5. The van der Waals surface area contributed by atoms with Crippen molar-refractivity contribution in [3.05, 3.63) is 0 Å². The van der Waals surface area contributed by atoms with Crippen LogP contribution in [0.4, 0.5) is 0 Å². The summed E-state index contributed by atoms with van der Waals surface area (Å²) in [6, 6.07) is -14.7. The SMILES string of the molecule is CN[C@@H](CC(=O)O)C(=O)NC(CC(=O)O)C(=O)N[C@@H](CC(=O)O)C(=O)NC(CC(=O)O)C(=O)N[C@@H](CC(=O)O)C(=O)NC(CC(=O)O)C(=O)N[C@@H](CC(=O)O)C(N)=O. The Hall–Kier alpha value is -7.46. The topological polar surface area (TPSA) is 491 Å². The maximum atomic E-state index is 13.2. The minimum atomic E-state index is -2.34. The van der Waals surface area contributed by atoms with E-state index in [0.29, 0.717) is 0 Å². The summed E-state index contributed by atoms with van der Waals surface area (Å²) in [6.45, 7) is 0. The number of aliphatic carboxylic acids is 7. The van der Waals surface area contributed by atoms with Crippen molar-refractivity contribution in [1.29, 1.82) is 0 Å². The number of nitrogens with two attached hydrogens (primary N) is 1. The van der Waals surface area contributed by atoms with E-state index in [0.717, 1.165) is 7.05 Å². The summed E-state index contributed by atoms with van der Waals surface area (Å²) in [5.41, 5.74) is 5.02. The van der Waals surface area contributed by atoms with Crippen molar-refractivity contribution >= 4 is 83.1 Å². The van der Waals surface area contributed by atoms with Crippen molar-refractivity contribution in [2.75, 3.05) is 7.05 Å². The zero-order valence-electron chi connectivity index (χ0n) is 29.9. The fourth-order valence-corrected chi connectivity index (χ4v) is 4.45. The number of amides is 7. The molecular formula is C29H40N8O21. The molecule has 0 heterocycles. The van der Waals surface area contributed by atoms with Gasteiger partial charge in [0.2, 0.25) is 41.4 Å². The van der Waals surface area contributed by atoms with E-state index < -0.39 is 170 Å². The number of carbonyl (C=O) groups excluding carboxylic acids is 7. The average Bonchev–Trinajstić information content (AvgIpc) is 3.07. The number of carboxylic acid groups (broad SMARTS) is 7. The van der Waals surface area contributed by atoms with E-state index in [1.807, 2.05) is 5.32 Å². The number of likely N-dealkylation sites (N-methyl/N-ethyl adjacent to an activating group) is 1. The third-order valence-electron chi connectivity index (χ3n) is 7.14. The molecule has 16 N–H and O–H groups in total. The third-order valence-corrected chi connectivity index (χ3v) is 7.14. The van der Waals surface area contributed by atoms with E-state index in [9.17, 15) is 92.7 Å². The van der Waals surface area contributed by atoms with Gasteiger partial charge < -0.3 is 78.7 Å². The molecule has 29 heteroatoms. The summed E-state index contributed by atoms with van der Waals surface area (Å²) in [4.78, 5) is 169. The molecule has 3 unspecified atom stereocenters. The molecule has 0 rings (SSSR count). The molecule has 0 fully saturated rings. The summed E-state index contributed by atoms with van der Waals surface area (Å²) >= 11 is 0. The normalized spacial score (nSPS) is 14.2. The van der Waals surface area contributed by atoms with Crippen LogP contribution in [0.2, 0.25) is 0 Å². The van der Waals surface area contributed by atoms with Gasteiger partial charge >= 0.3 is 41.8 Å². The van der Waals surface area contributed by atoms with Gasteiger partial charge in [0.25, 0.3) is 0 Å². The standard InChI is InChI=1S/C29H40N8O21/c1-31-10(3-17(40)41)24(53)33-12(5-19(44)45)26(55)35-14(7-21(48)49)28(57)37-15(8-22(50)51)29(58)36-13(6-20(46)47)27(56)34-11(4-18(42)43)25(54)32-9(23(30)52)2-16(38)39/h9-15,31H,2-8H2,1H3,(H2,30,52)(H,32,54)(H,33,53)(H,34,56)(H,35,55)(H,36,58)(H,37,57)(H,38,39)(H,40,41)(H,42,43)(H,44,45)(H,46,47)(H,48,49)(H,50,51)/t9-,10-,11?,12?,13-,14-,15?/m0/s1. The summed E-state index contributed by atoms with van der Waals surface area (Å²) in [5.74, 6) is -22.8. The van der Waals surface area contributed by atoms with E-state index in [4.69, 9.17) is 15.9 Å². The van der Waals surface area contributed by atoms with E-state index in [2.05, 4.69) is 5.32 Å². The Morgan fingerprint density at radius 3 is 0.655 bits per heavy atom. The highest BCUT2D eigenvalue weighted by Crippen LogP contribution is 2.06. The Labute approximate surface area is 323 Å². The Kier molecular flexibility index (Phi) is 21.0. The monoisotopic (exact) mass is 836 g/mol. The highest BCUT2D eigenvalue weighted by Gasteiger charge is 2.37. The first-order chi connectivity index (χ1) is 26.8. The molecule has 0 aliphatic rings. The molecule has 7 atom stereocenters. The van der Waals surface area contributed by atoms with Crippen LogP contribution in [-0.4, -0.2) is 168 Å². The molecule has 29 nitrogen and oxygen atoms in total. The highest BCUT2D eigenvalue weighted by molar-refractivity contribution is 6.00. The van der Waals surface area contributed by atoms with Gasteiger partial charge in [-0.1, -0.05) is 0 Å². The van der Waals surface area contributed by atoms with Gasteiger partial charge in [-0.15, -0.1) is 0 Å². The molecular weight excluding hydrogens is 796 g/mol. The first-order valence-electron chi connectivity index (χ1n) is 16.1. The van der Waals surface area contributed by atoms with Crippen molar-refractivity contribution in [2.24, 2.45) is 5.73 Å². The quantitative estimate of drug-likeness (QED) is 0.0348. The molecule has 0 saturated carbocycles. The Bertz CT molecular complexity index is 1670. The second kappa shape index (κ2) is 24.1. The average molecular weight is 837 g/mol. The number of carbonyl (C=O) groups is 14. The maximum Gasteiger partial charge on any atom is 0.305 e. The lowest BCUT2D eigenvalue weighted by Gasteiger charge is -2.26. The van der Waals surface area contributed by atoms with Crippen molar-refractivity contribution in [2.45, 2.75) is 87.2 Å². The number of hydrogen-bond donors (Lipinski definition) is 15. The van der Waals surface area contributed by atoms with Crippen molar-refractivity contribution in [3.8, 4) is 0 Å². The van der Waals surface area contributed by atoms with Crippen LogP contribution in [0.1, 0.15) is 44.9 Å². The molecule has 322 valence electrons. The smallest absolute Gasteiger partial charge is 0.305 e. The molecule has 0 aromatic heterocycles. The van der Waals surface area contributed by atoms with Gasteiger partial charge in [-0.2, -0.15) is 0 Å². The molecule has 0 spiro atoms. The summed E-state index contributed by atoms with van der Waals surface area (Å²) < 4.78 is 0. The van der Waals surface area contributed by atoms with Crippen LogP contribution >= 0.6 is 0 Å². The van der Waals surface area contributed by atoms with Gasteiger partial charge in [0.1, 0.15) is 36.3 Å². The van der Waals surface area contributed by atoms with E-state index in [-0.39, 0.29) is 0 Å². The van der Waals surface area contributed by atoms with Gasteiger partial charge in [-0.05, 0) is 7.05 Å². The van der Waals surface area contributed by atoms with Crippen molar-refractivity contribution < 1.29 is 103 Å². The van der Waals surface area contributed by atoms with Gasteiger partial charge in [0.05, 0.1) is 51.0 Å². The number of carboxylic acids is 7. The predicted molar refractivity (Wildman–Crippen MR) is 179 cm³/mol. The molecule has 7 amide bonds. The van der Waals surface area contributed by atoms with Crippen molar-refractivity contribution in [3.63, 3.8) is 0 Å². The molecule has 0 radical (unpaired) electrons. The summed E-state index contributed by atoms with van der Waals surface area (Å²) in [7, 11) is 1.15. The fraction of sp³-hybridized carbons (Fsp3) is 0.517. The van der Waals surface area contributed by atoms with Crippen LogP contribution in [-0.2, 0) is 67.1 Å². The van der Waals surface area contributed by atoms with Crippen LogP contribution in [0.5, 0.6) is 0 Å². The maximum absolute atomic E-state index is 13.2. The van der Waals surface area contributed by atoms with E-state index in [1.54, 1.807) is 26.6 Å². The molecule has 0 aromatic carbocycles. The third kappa shape index (κ3) is 19.7. The highest BCUT2D eigenvalue weighted by atomic mass is 16.4. The Morgan fingerprint density at radius 2 is 0.483 bits per heavy atom. The number of hydrogen-bond acceptors (Lipinski definition) is 15. The lowest BCUT2D eigenvalue weighted by molar-refractivity contribution is -0.145. The predicted octanol–water partition coefficient (Wildman–Crippen LogP) is -7.71.